The predicted molar refractivity (Wildman–Crippen MR) is 101 cm³/mol. The first-order valence-corrected chi connectivity index (χ1v) is 9.04. The van der Waals surface area contributed by atoms with Crippen molar-refractivity contribution in [1.29, 1.82) is 5.26 Å². The fourth-order valence-electron chi connectivity index (χ4n) is 3.48. The van der Waals surface area contributed by atoms with E-state index in [9.17, 15) is 5.26 Å². The second kappa shape index (κ2) is 7.64. The third-order valence-corrected chi connectivity index (χ3v) is 4.87. The fraction of sp³-hybridized carbons (Fsp3) is 0.350. The first kappa shape index (κ1) is 17.3. The van der Waals surface area contributed by atoms with Crippen molar-refractivity contribution >= 4 is 16.7 Å². The molecule has 0 aliphatic carbocycles. The third-order valence-electron chi connectivity index (χ3n) is 4.87. The summed E-state index contributed by atoms with van der Waals surface area (Å²) in [7, 11) is 0. The van der Waals surface area contributed by atoms with Crippen molar-refractivity contribution in [1.82, 2.24) is 14.8 Å². The molecule has 1 aromatic carbocycles. The van der Waals surface area contributed by atoms with Crippen molar-refractivity contribution in [2.75, 3.05) is 18.9 Å². The number of hydrogen-bond donors (Lipinski definition) is 1. The Labute approximate surface area is 157 Å². The minimum atomic E-state index is -0.179. The van der Waals surface area contributed by atoms with Crippen LogP contribution >= 0.6 is 0 Å². The maximum atomic E-state index is 9.58. The van der Waals surface area contributed by atoms with Gasteiger partial charge in [-0.25, -0.2) is 4.98 Å². The van der Waals surface area contributed by atoms with E-state index in [2.05, 4.69) is 16.2 Å². The third kappa shape index (κ3) is 3.44. The average Bonchev–Trinajstić information content (AvgIpc) is 2.89. The van der Waals surface area contributed by atoms with Gasteiger partial charge in [-0.1, -0.05) is 30.3 Å². The van der Waals surface area contributed by atoms with Crippen molar-refractivity contribution in [3.63, 3.8) is 0 Å². The van der Waals surface area contributed by atoms with E-state index in [1.54, 1.807) is 10.9 Å². The van der Waals surface area contributed by atoms with E-state index in [0.717, 1.165) is 23.9 Å². The van der Waals surface area contributed by atoms with Crippen LogP contribution in [-0.4, -0.2) is 28.0 Å². The van der Waals surface area contributed by atoms with Gasteiger partial charge in [0.1, 0.15) is 12.0 Å². The van der Waals surface area contributed by atoms with E-state index in [1.807, 2.05) is 36.4 Å². The Morgan fingerprint density at radius 2 is 2.15 bits per heavy atom. The summed E-state index contributed by atoms with van der Waals surface area (Å²) < 4.78 is 13.4. The summed E-state index contributed by atoms with van der Waals surface area (Å²) in [6.45, 7) is 1.50. The summed E-state index contributed by atoms with van der Waals surface area (Å²) in [4.78, 5) is 4.35. The number of aromatic nitrogens is 3. The minimum absolute atomic E-state index is 0.170. The van der Waals surface area contributed by atoms with Crippen molar-refractivity contribution < 1.29 is 9.47 Å². The van der Waals surface area contributed by atoms with Crippen molar-refractivity contribution in [2.24, 2.45) is 5.92 Å². The normalized spacial score (nSPS) is 20.1. The van der Waals surface area contributed by atoms with Gasteiger partial charge >= 0.3 is 0 Å². The molecule has 3 aromatic rings. The molecule has 0 amide bonds. The number of ether oxygens (including phenoxy) is 2. The van der Waals surface area contributed by atoms with Gasteiger partial charge in [0.15, 0.2) is 5.82 Å². The molecular weight excluding hydrogens is 342 g/mol. The quantitative estimate of drug-likeness (QED) is 0.765. The number of nitrogens with zero attached hydrogens (tertiary/aromatic N) is 4. The van der Waals surface area contributed by atoms with Crippen LogP contribution in [0.3, 0.4) is 0 Å². The summed E-state index contributed by atoms with van der Waals surface area (Å²) >= 11 is 0. The Balaban J connectivity index is 1.69. The fourth-order valence-corrected chi connectivity index (χ4v) is 3.48. The molecule has 0 spiro atoms. The molecule has 1 fully saturated rings. The summed E-state index contributed by atoms with van der Waals surface area (Å²) in [6.07, 6.45) is 3.33. The molecule has 2 N–H and O–H groups in total. The van der Waals surface area contributed by atoms with Gasteiger partial charge in [0.25, 0.3) is 0 Å². The van der Waals surface area contributed by atoms with Crippen LogP contribution in [-0.2, 0) is 11.3 Å². The number of nitrogen functional groups attached to an aromatic ring is 1. The standard InChI is InChI=1S/C20H21N5O2/c21-11-15-7-4-10-26-13-17(15)25-16-8-9-23-20(18(16)19(22)24-25)27-12-14-5-2-1-3-6-14/h1-3,5-6,8-9,15,17H,4,7,10,12-13H2,(H2,22,24)/t15-,17?/m0/s1. The van der Waals surface area contributed by atoms with E-state index in [4.69, 9.17) is 15.2 Å². The van der Waals surface area contributed by atoms with Crippen molar-refractivity contribution in [3.05, 3.63) is 48.2 Å². The lowest BCUT2D eigenvalue weighted by molar-refractivity contribution is 0.110. The molecule has 0 saturated carbocycles. The molecule has 2 aromatic heterocycles. The van der Waals surface area contributed by atoms with Gasteiger partial charge < -0.3 is 15.2 Å². The highest BCUT2D eigenvalue weighted by Gasteiger charge is 2.29. The number of anilines is 1. The predicted octanol–water partition coefficient (Wildman–Crippen LogP) is 3.08. The second-order valence-corrected chi connectivity index (χ2v) is 6.63. The summed E-state index contributed by atoms with van der Waals surface area (Å²) in [5.41, 5.74) is 8.06. The molecule has 7 nitrogen and oxygen atoms in total. The maximum absolute atomic E-state index is 9.58. The van der Waals surface area contributed by atoms with Gasteiger partial charge in [0.05, 0.1) is 30.2 Å². The zero-order chi connectivity index (χ0) is 18.6. The van der Waals surface area contributed by atoms with Crippen LogP contribution in [0.2, 0.25) is 0 Å². The number of hydrogen-bond acceptors (Lipinski definition) is 6. The van der Waals surface area contributed by atoms with Gasteiger partial charge in [0, 0.05) is 12.8 Å². The zero-order valence-corrected chi connectivity index (χ0v) is 14.9. The van der Waals surface area contributed by atoms with E-state index in [-0.39, 0.29) is 12.0 Å². The number of fused-ring (bicyclic) bond motifs is 1. The van der Waals surface area contributed by atoms with Crippen LogP contribution in [0.25, 0.3) is 10.9 Å². The second-order valence-electron chi connectivity index (χ2n) is 6.63. The lowest BCUT2D eigenvalue weighted by atomic mass is 9.97. The lowest BCUT2D eigenvalue weighted by Gasteiger charge is -2.20. The van der Waals surface area contributed by atoms with Crippen molar-refractivity contribution in [2.45, 2.75) is 25.5 Å². The molecule has 2 atom stereocenters. The van der Waals surface area contributed by atoms with Crippen LogP contribution in [0, 0.1) is 17.2 Å². The molecule has 3 heterocycles. The average molecular weight is 363 g/mol. The SMILES string of the molecule is N#C[C@@H]1CCCOCC1n1nc(N)c2c(OCc3ccccc3)nccc21. The Morgan fingerprint density at radius 3 is 2.96 bits per heavy atom. The highest BCUT2D eigenvalue weighted by molar-refractivity contribution is 5.93. The van der Waals surface area contributed by atoms with E-state index < -0.39 is 0 Å². The molecule has 138 valence electrons. The Hall–Kier alpha value is -3.11. The van der Waals surface area contributed by atoms with Crippen LogP contribution in [0.15, 0.2) is 42.6 Å². The van der Waals surface area contributed by atoms with E-state index in [1.165, 1.54) is 0 Å². The molecular formula is C20H21N5O2. The van der Waals surface area contributed by atoms with Crippen LogP contribution in [0.5, 0.6) is 5.88 Å². The zero-order valence-electron chi connectivity index (χ0n) is 14.9. The monoisotopic (exact) mass is 363 g/mol. The number of benzene rings is 1. The Kier molecular flexibility index (Phi) is 4.90. The molecule has 7 heteroatoms. The van der Waals surface area contributed by atoms with Crippen LogP contribution < -0.4 is 10.5 Å². The first-order valence-electron chi connectivity index (χ1n) is 9.04. The molecule has 1 aliphatic heterocycles. The molecule has 4 rings (SSSR count). The highest BCUT2D eigenvalue weighted by Crippen LogP contribution is 2.34. The summed E-state index contributed by atoms with van der Waals surface area (Å²) in [5, 5.41) is 14.8. The van der Waals surface area contributed by atoms with Crippen LogP contribution in [0.4, 0.5) is 5.82 Å². The smallest absolute Gasteiger partial charge is 0.227 e. The maximum Gasteiger partial charge on any atom is 0.227 e. The van der Waals surface area contributed by atoms with Crippen LogP contribution in [0.1, 0.15) is 24.4 Å². The molecule has 1 aliphatic rings. The van der Waals surface area contributed by atoms with Gasteiger partial charge in [-0.15, -0.1) is 0 Å². The lowest BCUT2D eigenvalue weighted by Crippen LogP contribution is -2.22. The van der Waals surface area contributed by atoms with Gasteiger partial charge in [-0.3, -0.25) is 4.68 Å². The minimum Gasteiger partial charge on any atom is -0.472 e. The molecule has 0 bridgehead atoms. The molecule has 27 heavy (non-hydrogen) atoms. The van der Waals surface area contributed by atoms with E-state index >= 15 is 0 Å². The number of rotatable bonds is 4. The van der Waals surface area contributed by atoms with Gasteiger partial charge in [0.2, 0.25) is 5.88 Å². The number of nitriles is 1. The molecule has 1 unspecified atom stereocenters. The Morgan fingerprint density at radius 1 is 1.30 bits per heavy atom. The van der Waals surface area contributed by atoms with Crippen molar-refractivity contribution in [3.8, 4) is 11.9 Å². The Bertz CT molecular complexity index is 964. The number of pyridine rings is 1. The number of nitrogens with two attached hydrogens (primary N) is 1. The topological polar surface area (TPSA) is 99.0 Å². The van der Waals surface area contributed by atoms with Gasteiger partial charge in [-0.05, 0) is 24.5 Å². The molecule has 0 radical (unpaired) electrons. The largest absolute Gasteiger partial charge is 0.472 e. The summed E-state index contributed by atoms with van der Waals surface area (Å²) in [6, 6.07) is 14.0. The molecule has 1 saturated heterocycles. The van der Waals surface area contributed by atoms with E-state index in [0.29, 0.717) is 36.9 Å². The summed E-state index contributed by atoms with van der Waals surface area (Å²) in [5.74, 6) is 0.627. The highest BCUT2D eigenvalue weighted by atomic mass is 16.5. The van der Waals surface area contributed by atoms with Gasteiger partial charge in [-0.2, -0.15) is 10.4 Å². The first-order chi connectivity index (χ1) is 13.3.